The van der Waals surface area contributed by atoms with Crippen molar-refractivity contribution in [1.29, 1.82) is 0 Å². The van der Waals surface area contributed by atoms with E-state index in [0.29, 0.717) is 12.1 Å². The molecule has 0 aromatic heterocycles. The zero-order valence-electron chi connectivity index (χ0n) is 17.7. The van der Waals surface area contributed by atoms with Gasteiger partial charge >= 0.3 is 0 Å². The Morgan fingerprint density at radius 1 is 1.00 bits per heavy atom. The molecule has 1 N–H and O–H groups in total. The maximum Gasteiger partial charge on any atom is 0.226 e. The predicted molar refractivity (Wildman–Crippen MR) is 120 cm³/mol. The molecule has 160 valence electrons. The predicted octanol–water partition coefficient (Wildman–Crippen LogP) is 3.75. The van der Waals surface area contributed by atoms with Gasteiger partial charge in [0.25, 0.3) is 0 Å². The number of fused-ring (bicyclic) bond motifs is 1. The van der Waals surface area contributed by atoms with Gasteiger partial charge in [0.15, 0.2) is 0 Å². The van der Waals surface area contributed by atoms with Crippen LogP contribution >= 0.6 is 0 Å². The van der Waals surface area contributed by atoms with Crippen molar-refractivity contribution in [2.45, 2.75) is 38.6 Å². The molecular formula is C25H27N3O3. The van der Waals surface area contributed by atoms with Crippen molar-refractivity contribution in [3.05, 3.63) is 71.4 Å². The summed E-state index contributed by atoms with van der Waals surface area (Å²) in [5.74, 6) is -0.111. The van der Waals surface area contributed by atoms with Crippen LogP contribution in [-0.2, 0) is 20.8 Å². The zero-order valence-corrected chi connectivity index (χ0v) is 17.7. The molecule has 3 amide bonds. The first-order valence-corrected chi connectivity index (χ1v) is 10.7. The summed E-state index contributed by atoms with van der Waals surface area (Å²) in [7, 11) is 0. The summed E-state index contributed by atoms with van der Waals surface area (Å²) in [6, 6.07) is 14.9. The molecule has 6 nitrogen and oxygen atoms in total. The number of nitrogens with zero attached hydrogens (tertiary/aromatic N) is 2. The number of likely N-dealkylation sites (tertiary alicyclic amines) is 1. The molecule has 2 aromatic carbocycles. The van der Waals surface area contributed by atoms with E-state index in [1.165, 1.54) is 6.92 Å². The van der Waals surface area contributed by atoms with Crippen molar-refractivity contribution in [2.75, 3.05) is 18.4 Å². The van der Waals surface area contributed by atoms with Gasteiger partial charge in [-0.2, -0.15) is 0 Å². The highest BCUT2D eigenvalue weighted by Crippen LogP contribution is 2.33. The standard InChI is InChI=1S/C25H27N3O3/c1-18(29)28-15-12-20-6-2-3-7-22(20)23(28)17-24(30)26-21-10-8-19(9-11-21)16-25(31)27-13-4-5-14-27/h2-3,6-12,15,23H,4-5,13-14,16-17H2,1H3,(H,26,30)/t23-/m0/s1. The summed E-state index contributed by atoms with van der Waals surface area (Å²) in [5.41, 5.74) is 3.59. The Morgan fingerprint density at radius 2 is 1.71 bits per heavy atom. The van der Waals surface area contributed by atoms with Crippen LogP contribution in [0.15, 0.2) is 54.7 Å². The number of anilines is 1. The Labute approximate surface area is 182 Å². The van der Waals surface area contributed by atoms with Gasteiger partial charge in [-0.05, 0) is 47.7 Å². The van der Waals surface area contributed by atoms with E-state index >= 15 is 0 Å². The molecule has 2 aliphatic rings. The minimum absolute atomic E-state index is 0.101. The van der Waals surface area contributed by atoms with E-state index in [9.17, 15) is 14.4 Å². The van der Waals surface area contributed by atoms with Crippen LogP contribution in [0.2, 0.25) is 0 Å². The zero-order chi connectivity index (χ0) is 21.8. The molecule has 0 radical (unpaired) electrons. The summed E-state index contributed by atoms with van der Waals surface area (Å²) < 4.78 is 0. The first-order valence-electron chi connectivity index (χ1n) is 10.7. The highest BCUT2D eigenvalue weighted by Gasteiger charge is 2.28. The fourth-order valence-electron chi connectivity index (χ4n) is 4.26. The number of carbonyl (C=O) groups excluding carboxylic acids is 3. The van der Waals surface area contributed by atoms with Gasteiger partial charge in [-0.25, -0.2) is 0 Å². The topological polar surface area (TPSA) is 69.7 Å². The number of rotatable bonds is 5. The number of benzene rings is 2. The van der Waals surface area contributed by atoms with E-state index in [2.05, 4.69) is 5.32 Å². The van der Waals surface area contributed by atoms with Crippen molar-refractivity contribution in [1.82, 2.24) is 9.80 Å². The molecule has 0 unspecified atom stereocenters. The summed E-state index contributed by atoms with van der Waals surface area (Å²) in [5, 5.41) is 2.92. The molecule has 6 heteroatoms. The number of hydrogen-bond donors (Lipinski definition) is 1. The van der Waals surface area contributed by atoms with Crippen LogP contribution in [0.25, 0.3) is 6.08 Å². The second-order valence-corrected chi connectivity index (χ2v) is 8.10. The van der Waals surface area contributed by atoms with E-state index in [-0.39, 0.29) is 30.2 Å². The van der Waals surface area contributed by atoms with Gasteiger partial charge in [0.1, 0.15) is 0 Å². The maximum atomic E-state index is 12.8. The molecule has 4 rings (SSSR count). The average Bonchev–Trinajstić information content (AvgIpc) is 3.30. The fourth-order valence-corrected chi connectivity index (χ4v) is 4.26. The number of hydrogen-bond acceptors (Lipinski definition) is 3. The Kier molecular flexibility index (Phi) is 6.16. The third-order valence-electron chi connectivity index (χ3n) is 5.90. The van der Waals surface area contributed by atoms with Crippen LogP contribution in [0.4, 0.5) is 5.69 Å². The van der Waals surface area contributed by atoms with E-state index in [4.69, 9.17) is 0 Å². The molecule has 1 saturated heterocycles. The molecule has 0 bridgehead atoms. The van der Waals surface area contributed by atoms with Crippen LogP contribution < -0.4 is 5.32 Å². The van der Waals surface area contributed by atoms with Crippen LogP contribution in [0.5, 0.6) is 0 Å². The number of amides is 3. The Bertz CT molecular complexity index is 1010. The van der Waals surface area contributed by atoms with E-state index in [0.717, 1.165) is 42.6 Å². The summed E-state index contributed by atoms with van der Waals surface area (Å²) in [6.45, 7) is 3.21. The molecule has 2 aliphatic heterocycles. The van der Waals surface area contributed by atoms with Crippen LogP contribution in [0.3, 0.4) is 0 Å². The minimum atomic E-state index is -0.337. The average molecular weight is 418 g/mol. The molecule has 31 heavy (non-hydrogen) atoms. The third kappa shape index (κ3) is 4.85. The van der Waals surface area contributed by atoms with Crippen LogP contribution in [-0.4, -0.2) is 40.6 Å². The van der Waals surface area contributed by atoms with Gasteiger partial charge in [-0.3, -0.25) is 14.4 Å². The van der Waals surface area contributed by atoms with Crippen molar-refractivity contribution in [3.8, 4) is 0 Å². The van der Waals surface area contributed by atoms with Crippen molar-refractivity contribution in [2.24, 2.45) is 0 Å². The lowest BCUT2D eigenvalue weighted by Gasteiger charge is -2.32. The minimum Gasteiger partial charge on any atom is -0.342 e. The summed E-state index contributed by atoms with van der Waals surface area (Å²) in [6.07, 6.45) is 6.35. The lowest BCUT2D eigenvalue weighted by Crippen LogP contribution is -2.33. The van der Waals surface area contributed by atoms with Gasteiger partial charge in [0, 0.05) is 31.9 Å². The number of carbonyl (C=O) groups is 3. The van der Waals surface area contributed by atoms with Gasteiger partial charge < -0.3 is 15.1 Å². The van der Waals surface area contributed by atoms with Crippen molar-refractivity contribution in [3.63, 3.8) is 0 Å². The van der Waals surface area contributed by atoms with Crippen molar-refractivity contribution < 1.29 is 14.4 Å². The Balaban J connectivity index is 1.39. The molecule has 2 aromatic rings. The van der Waals surface area contributed by atoms with Gasteiger partial charge in [-0.15, -0.1) is 0 Å². The second kappa shape index (κ2) is 9.16. The molecule has 1 fully saturated rings. The largest absolute Gasteiger partial charge is 0.342 e. The van der Waals surface area contributed by atoms with Gasteiger partial charge in [-0.1, -0.05) is 36.4 Å². The molecule has 1 atom stereocenters. The molecule has 0 saturated carbocycles. The molecule has 0 aliphatic carbocycles. The lowest BCUT2D eigenvalue weighted by atomic mass is 9.93. The highest BCUT2D eigenvalue weighted by molar-refractivity contribution is 5.92. The first-order chi connectivity index (χ1) is 15.0. The van der Waals surface area contributed by atoms with Gasteiger partial charge in [0.2, 0.25) is 17.7 Å². The number of nitrogens with one attached hydrogen (secondary N) is 1. The van der Waals surface area contributed by atoms with Crippen LogP contribution in [0, 0.1) is 0 Å². The second-order valence-electron chi connectivity index (χ2n) is 8.10. The maximum absolute atomic E-state index is 12.8. The Morgan fingerprint density at radius 3 is 2.42 bits per heavy atom. The fraction of sp³-hybridized carbons (Fsp3) is 0.320. The summed E-state index contributed by atoms with van der Waals surface area (Å²) in [4.78, 5) is 40.7. The van der Waals surface area contributed by atoms with E-state index < -0.39 is 0 Å². The summed E-state index contributed by atoms with van der Waals surface area (Å²) >= 11 is 0. The quantitative estimate of drug-likeness (QED) is 0.805. The first kappa shape index (κ1) is 20.8. The third-order valence-corrected chi connectivity index (χ3v) is 5.90. The smallest absolute Gasteiger partial charge is 0.226 e. The molecular weight excluding hydrogens is 390 g/mol. The SMILES string of the molecule is CC(=O)N1C=Cc2ccccc2[C@@H]1CC(=O)Nc1ccc(CC(=O)N2CCCC2)cc1. The molecule has 0 spiro atoms. The highest BCUT2D eigenvalue weighted by atomic mass is 16.2. The Hall–Kier alpha value is -3.41. The lowest BCUT2D eigenvalue weighted by molar-refractivity contribution is -0.130. The van der Waals surface area contributed by atoms with E-state index in [1.54, 1.807) is 11.1 Å². The van der Waals surface area contributed by atoms with Gasteiger partial charge in [0.05, 0.1) is 18.9 Å². The normalized spacial score (nSPS) is 17.4. The monoisotopic (exact) mass is 417 g/mol. The van der Waals surface area contributed by atoms with Crippen LogP contribution in [0.1, 0.15) is 48.9 Å². The van der Waals surface area contributed by atoms with Crippen molar-refractivity contribution >= 4 is 29.5 Å². The molecule has 2 heterocycles. The van der Waals surface area contributed by atoms with E-state index in [1.807, 2.05) is 59.5 Å².